The quantitative estimate of drug-likeness (QED) is 0.855. The smallest absolute Gasteiger partial charge is 0.225 e. The number of carbonyl (C=O) groups excluding carboxylic acids is 1. The molecule has 6 nitrogen and oxygen atoms in total. The zero-order valence-corrected chi connectivity index (χ0v) is 15.4. The SMILES string of the molecule is CC[C@H]1CCCC[C@@H]1NCCC(=O)N1CCN(c2ncccn2)CC1. The molecule has 25 heavy (non-hydrogen) atoms. The van der Waals surface area contributed by atoms with Crippen molar-refractivity contribution in [2.75, 3.05) is 37.6 Å². The van der Waals surface area contributed by atoms with E-state index in [0.29, 0.717) is 12.5 Å². The van der Waals surface area contributed by atoms with E-state index in [4.69, 9.17) is 0 Å². The second kappa shape index (κ2) is 9.13. The molecule has 0 spiro atoms. The predicted octanol–water partition coefficient (Wildman–Crippen LogP) is 2.07. The van der Waals surface area contributed by atoms with Crippen LogP contribution in [-0.2, 0) is 4.79 Å². The third-order valence-corrected chi connectivity index (χ3v) is 5.65. The fourth-order valence-electron chi connectivity index (χ4n) is 4.10. The lowest BCUT2D eigenvalue weighted by Crippen LogP contribution is -2.50. The van der Waals surface area contributed by atoms with Crippen LogP contribution in [0, 0.1) is 5.92 Å². The second-order valence-electron chi connectivity index (χ2n) is 7.18. The van der Waals surface area contributed by atoms with E-state index in [0.717, 1.165) is 44.6 Å². The Morgan fingerprint density at radius 3 is 2.60 bits per heavy atom. The Morgan fingerprint density at radius 1 is 1.16 bits per heavy atom. The summed E-state index contributed by atoms with van der Waals surface area (Å²) >= 11 is 0. The number of anilines is 1. The summed E-state index contributed by atoms with van der Waals surface area (Å²) in [4.78, 5) is 25.2. The van der Waals surface area contributed by atoms with Gasteiger partial charge in [0.15, 0.2) is 0 Å². The number of hydrogen-bond donors (Lipinski definition) is 1. The van der Waals surface area contributed by atoms with E-state index in [1.54, 1.807) is 12.4 Å². The zero-order valence-electron chi connectivity index (χ0n) is 15.4. The van der Waals surface area contributed by atoms with E-state index in [1.807, 2.05) is 11.0 Å². The summed E-state index contributed by atoms with van der Waals surface area (Å²) in [5, 5.41) is 3.65. The van der Waals surface area contributed by atoms with Gasteiger partial charge in [-0.25, -0.2) is 9.97 Å². The number of piperazine rings is 1. The highest BCUT2D eigenvalue weighted by molar-refractivity contribution is 5.76. The highest BCUT2D eigenvalue weighted by Crippen LogP contribution is 2.26. The minimum absolute atomic E-state index is 0.269. The Labute approximate surface area is 151 Å². The predicted molar refractivity (Wildman–Crippen MR) is 99.5 cm³/mol. The van der Waals surface area contributed by atoms with Crippen molar-refractivity contribution in [1.29, 1.82) is 0 Å². The van der Waals surface area contributed by atoms with Crippen molar-refractivity contribution in [2.45, 2.75) is 51.5 Å². The van der Waals surface area contributed by atoms with Crippen LogP contribution in [0.25, 0.3) is 0 Å². The molecule has 0 aromatic carbocycles. The summed E-state index contributed by atoms with van der Waals surface area (Å²) in [5.74, 6) is 1.82. The molecule has 0 unspecified atom stereocenters. The fourth-order valence-corrected chi connectivity index (χ4v) is 4.10. The van der Waals surface area contributed by atoms with Gasteiger partial charge in [-0.2, -0.15) is 0 Å². The Morgan fingerprint density at radius 2 is 1.88 bits per heavy atom. The molecule has 1 aromatic heterocycles. The molecule has 2 heterocycles. The van der Waals surface area contributed by atoms with Gasteiger partial charge in [-0.3, -0.25) is 4.79 Å². The van der Waals surface area contributed by atoms with Crippen LogP contribution in [0.4, 0.5) is 5.95 Å². The lowest BCUT2D eigenvalue weighted by molar-refractivity contribution is -0.131. The maximum atomic E-state index is 12.5. The minimum Gasteiger partial charge on any atom is -0.339 e. The van der Waals surface area contributed by atoms with Gasteiger partial charge in [-0.15, -0.1) is 0 Å². The maximum absolute atomic E-state index is 12.5. The summed E-state index contributed by atoms with van der Waals surface area (Å²) in [7, 11) is 0. The van der Waals surface area contributed by atoms with E-state index in [1.165, 1.54) is 32.1 Å². The van der Waals surface area contributed by atoms with Crippen LogP contribution in [0.5, 0.6) is 0 Å². The van der Waals surface area contributed by atoms with Gasteiger partial charge in [0.1, 0.15) is 0 Å². The van der Waals surface area contributed by atoms with Gasteiger partial charge in [0.05, 0.1) is 0 Å². The lowest BCUT2D eigenvalue weighted by Gasteiger charge is -2.35. The third kappa shape index (κ3) is 4.91. The second-order valence-corrected chi connectivity index (χ2v) is 7.18. The van der Waals surface area contributed by atoms with Crippen molar-refractivity contribution in [1.82, 2.24) is 20.2 Å². The topological polar surface area (TPSA) is 61.4 Å². The lowest BCUT2D eigenvalue weighted by atomic mass is 9.83. The number of nitrogens with one attached hydrogen (secondary N) is 1. The summed E-state index contributed by atoms with van der Waals surface area (Å²) in [6.07, 6.45) is 10.7. The third-order valence-electron chi connectivity index (χ3n) is 5.65. The number of carbonyl (C=O) groups is 1. The number of amides is 1. The van der Waals surface area contributed by atoms with Gasteiger partial charge in [0, 0.05) is 57.6 Å². The Kier molecular flexibility index (Phi) is 6.62. The average Bonchev–Trinajstić information content (AvgIpc) is 2.69. The number of nitrogens with zero attached hydrogens (tertiary/aromatic N) is 4. The normalized spacial score (nSPS) is 24.4. The van der Waals surface area contributed by atoms with Crippen molar-refractivity contribution in [2.24, 2.45) is 5.92 Å². The van der Waals surface area contributed by atoms with Gasteiger partial charge in [0.2, 0.25) is 11.9 Å². The van der Waals surface area contributed by atoms with Crippen LogP contribution in [0.1, 0.15) is 45.4 Å². The van der Waals surface area contributed by atoms with Crippen molar-refractivity contribution in [3.63, 3.8) is 0 Å². The molecule has 1 aliphatic heterocycles. The molecule has 0 radical (unpaired) electrons. The van der Waals surface area contributed by atoms with E-state index in [2.05, 4.69) is 27.1 Å². The van der Waals surface area contributed by atoms with Crippen LogP contribution in [0.3, 0.4) is 0 Å². The Bertz CT molecular complexity index is 530. The van der Waals surface area contributed by atoms with Gasteiger partial charge in [-0.05, 0) is 24.8 Å². The molecule has 2 atom stereocenters. The van der Waals surface area contributed by atoms with Crippen molar-refractivity contribution in [3.8, 4) is 0 Å². The Hall–Kier alpha value is -1.69. The highest BCUT2D eigenvalue weighted by Gasteiger charge is 2.25. The molecule has 138 valence electrons. The first-order chi connectivity index (χ1) is 12.3. The highest BCUT2D eigenvalue weighted by atomic mass is 16.2. The maximum Gasteiger partial charge on any atom is 0.225 e. The molecular weight excluding hydrogens is 314 g/mol. The largest absolute Gasteiger partial charge is 0.339 e. The van der Waals surface area contributed by atoms with Gasteiger partial charge in [-0.1, -0.05) is 26.2 Å². The van der Waals surface area contributed by atoms with Gasteiger partial charge >= 0.3 is 0 Å². The van der Waals surface area contributed by atoms with Gasteiger partial charge in [0.25, 0.3) is 0 Å². The molecule has 1 saturated carbocycles. The monoisotopic (exact) mass is 345 g/mol. The van der Waals surface area contributed by atoms with Crippen molar-refractivity contribution in [3.05, 3.63) is 18.5 Å². The van der Waals surface area contributed by atoms with Crippen LogP contribution in [-0.4, -0.2) is 59.5 Å². The Balaban J connectivity index is 1.38. The van der Waals surface area contributed by atoms with Crippen LogP contribution >= 0.6 is 0 Å². The molecule has 1 amide bonds. The molecule has 1 aliphatic carbocycles. The van der Waals surface area contributed by atoms with Crippen molar-refractivity contribution >= 4 is 11.9 Å². The first kappa shape index (κ1) is 18.1. The van der Waals surface area contributed by atoms with E-state index < -0.39 is 0 Å². The molecule has 2 fully saturated rings. The minimum atomic E-state index is 0.269. The summed E-state index contributed by atoms with van der Waals surface area (Å²) < 4.78 is 0. The zero-order chi connectivity index (χ0) is 17.5. The molecule has 6 heteroatoms. The molecule has 1 N–H and O–H groups in total. The summed E-state index contributed by atoms with van der Waals surface area (Å²) in [6, 6.07) is 2.43. The van der Waals surface area contributed by atoms with Crippen LogP contribution in [0.15, 0.2) is 18.5 Å². The molecule has 3 rings (SSSR count). The van der Waals surface area contributed by atoms with Crippen LogP contribution in [0.2, 0.25) is 0 Å². The van der Waals surface area contributed by atoms with E-state index in [9.17, 15) is 4.79 Å². The standard InChI is InChI=1S/C19H31N5O/c1-2-16-6-3-4-7-17(16)20-11-8-18(25)23-12-14-24(15-13-23)19-21-9-5-10-22-19/h5,9-10,16-17,20H,2-4,6-8,11-15H2,1H3/t16-,17-/m0/s1. The van der Waals surface area contributed by atoms with E-state index in [-0.39, 0.29) is 5.91 Å². The number of rotatable bonds is 6. The van der Waals surface area contributed by atoms with E-state index >= 15 is 0 Å². The molecule has 0 bridgehead atoms. The summed E-state index contributed by atoms with van der Waals surface area (Å²) in [6.45, 7) is 6.23. The number of hydrogen-bond acceptors (Lipinski definition) is 5. The fraction of sp³-hybridized carbons (Fsp3) is 0.737. The van der Waals surface area contributed by atoms with Crippen LogP contribution < -0.4 is 10.2 Å². The molecule has 1 saturated heterocycles. The molecular formula is C19H31N5O. The van der Waals surface area contributed by atoms with Crippen molar-refractivity contribution < 1.29 is 4.79 Å². The first-order valence-corrected chi connectivity index (χ1v) is 9.81. The number of aromatic nitrogens is 2. The average molecular weight is 345 g/mol. The van der Waals surface area contributed by atoms with Gasteiger partial charge < -0.3 is 15.1 Å². The summed E-state index contributed by atoms with van der Waals surface area (Å²) in [5.41, 5.74) is 0. The first-order valence-electron chi connectivity index (χ1n) is 9.81. The molecule has 1 aromatic rings. The molecule has 2 aliphatic rings.